The van der Waals surface area contributed by atoms with Crippen LogP contribution in [0.4, 0.5) is 4.79 Å². The number of rotatable bonds is 7. The molecule has 0 spiro atoms. The van der Waals surface area contributed by atoms with Crippen molar-refractivity contribution < 1.29 is 34.1 Å². The van der Waals surface area contributed by atoms with Crippen LogP contribution in [-0.4, -0.2) is 82.5 Å². The van der Waals surface area contributed by atoms with Gasteiger partial charge in [0.05, 0.1) is 36.8 Å². The Bertz CT molecular complexity index is 816. The minimum atomic E-state index is -1.18. The zero-order valence-electron chi connectivity index (χ0n) is 17.4. The van der Waals surface area contributed by atoms with Crippen molar-refractivity contribution in [2.75, 3.05) is 20.3 Å². The second-order valence-corrected chi connectivity index (χ2v) is 7.91. The highest BCUT2D eigenvalue weighted by Gasteiger charge is 2.56. The van der Waals surface area contributed by atoms with Gasteiger partial charge >= 0.3 is 12.1 Å². The van der Waals surface area contributed by atoms with Gasteiger partial charge < -0.3 is 24.6 Å². The van der Waals surface area contributed by atoms with Crippen molar-refractivity contribution in [3.05, 3.63) is 35.6 Å². The van der Waals surface area contributed by atoms with Crippen LogP contribution in [0, 0.1) is 5.92 Å². The molecule has 0 aromatic heterocycles. The Morgan fingerprint density at radius 2 is 2.10 bits per heavy atom. The Morgan fingerprint density at radius 1 is 1.40 bits per heavy atom. The van der Waals surface area contributed by atoms with Crippen molar-refractivity contribution in [2.24, 2.45) is 5.92 Å². The highest BCUT2D eigenvalue weighted by Crippen LogP contribution is 2.45. The van der Waals surface area contributed by atoms with E-state index in [0.717, 1.165) is 0 Å². The molecule has 3 aliphatic heterocycles. The molecule has 3 aliphatic rings. The number of likely N-dealkylation sites (tertiary alicyclic amines) is 1. The predicted molar refractivity (Wildman–Crippen MR) is 106 cm³/mol. The lowest BCUT2D eigenvalue weighted by Crippen LogP contribution is -2.61. The SMILES string of the molecule is C=CCOC(=O)N1C[C@H](OC)C[C@H]1/C=C(\C)C1=C(C(=O)O)N2C(=O)[C@H]([C@@H](C)O)[C@H]2C1. The third-order valence-corrected chi connectivity index (χ3v) is 6.05. The second-order valence-electron chi connectivity index (χ2n) is 7.91. The first kappa shape index (κ1) is 22.0. The van der Waals surface area contributed by atoms with Gasteiger partial charge in [0.2, 0.25) is 5.91 Å². The summed E-state index contributed by atoms with van der Waals surface area (Å²) in [5.74, 6) is -2.15. The number of hydrogen-bond donors (Lipinski definition) is 2. The van der Waals surface area contributed by atoms with Crippen LogP contribution in [0.5, 0.6) is 0 Å². The molecular weight excluding hydrogens is 392 g/mol. The molecule has 0 radical (unpaired) electrons. The number of carbonyl (C=O) groups is 3. The average molecular weight is 420 g/mol. The van der Waals surface area contributed by atoms with Crippen molar-refractivity contribution in [3.8, 4) is 0 Å². The number of β-lactam (4-membered cyclic amide) rings is 1. The Kier molecular flexibility index (Phi) is 6.33. The molecule has 30 heavy (non-hydrogen) atoms. The largest absolute Gasteiger partial charge is 0.477 e. The molecule has 2 amide bonds. The topological polar surface area (TPSA) is 117 Å². The number of carboxylic acid groups (broad SMARTS) is 1. The molecule has 9 heteroatoms. The maximum atomic E-state index is 12.4. The highest BCUT2D eigenvalue weighted by molar-refractivity contribution is 6.00. The van der Waals surface area contributed by atoms with Crippen LogP contribution in [0.3, 0.4) is 0 Å². The zero-order chi connectivity index (χ0) is 22.2. The van der Waals surface area contributed by atoms with Gasteiger partial charge in [-0.1, -0.05) is 18.7 Å². The van der Waals surface area contributed by atoms with Gasteiger partial charge in [0.25, 0.3) is 0 Å². The fourth-order valence-electron chi connectivity index (χ4n) is 4.59. The van der Waals surface area contributed by atoms with Crippen molar-refractivity contribution in [2.45, 2.75) is 51.0 Å². The summed E-state index contributed by atoms with van der Waals surface area (Å²) in [6.45, 7) is 7.31. The van der Waals surface area contributed by atoms with Gasteiger partial charge in [-0.25, -0.2) is 9.59 Å². The molecule has 9 nitrogen and oxygen atoms in total. The first-order valence-corrected chi connectivity index (χ1v) is 9.94. The number of fused-ring (bicyclic) bond motifs is 1. The van der Waals surface area contributed by atoms with Crippen molar-refractivity contribution in [1.82, 2.24) is 9.80 Å². The highest BCUT2D eigenvalue weighted by atomic mass is 16.6. The fourth-order valence-corrected chi connectivity index (χ4v) is 4.59. The smallest absolute Gasteiger partial charge is 0.410 e. The van der Waals surface area contributed by atoms with E-state index < -0.39 is 24.1 Å². The lowest BCUT2D eigenvalue weighted by Gasteiger charge is -2.44. The summed E-state index contributed by atoms with van der Waals surface area (Å²) in [4.78, 5) is 39.5. The lowest BCUT2D eigenvalue weighted by atomic mass is 9.82. The van der Waals surface area contributed by atoms with E-state index in [1.807, 2.05) is 6.08 Å². The van der Waals surface area contributed by atoms with Gasteiger partial charge in [-0.15, -0.1) is 0 Å². The third kappa shape index (κ3) is 3.75. The number of carbonyl (C=O) groups excluding carboxylic acids is 2. The van der Waals surface area contributed by atoms with E-state index in [9.17, 15) is 24.6 Å². The van der Waals surface area contributed by atoms with Crippen molar-refractivity contribution in [3.63, 3.8) is 0 Å². The van der Waals surface area contributed by atoms with E-state index in [-0.39, 0.29) is 36.4 Å². The van der Waals surface area contributed by atoms with E-state index in [0.29, 0.717) is 30.5 Å². The summed E-state index contributed by atoms with van der Waals surface area (Å²) < 4.78 is 10.6. The molecule has 2 fully saturated rings. The minimum absolute atomic E-state index is 0.0438. The molecule has 164 valence electrons. The number of aliphatic carboxylic acids is 1. The summed E-state index contributed by atoms with van der Waals surface area (Å²) in [6.07, 6.45) is 2.73. The molecule has 2 N–H and O–H groups in total. The average Bonchev–Trinajstić information content (AvgIpc) is 3.24. The standard InChI is InChI=1S/C21H28N2O7/c1-5-6-30-21(28)22-10-14(29-4)8-13(22)7-11(2)15-9-16-17(12(3)24)19(25)23(16)18(15)20(26)27/h5,7,12-14,16-17,24H,1,6,8-10H2,2-4H3,(H,26,27)/b11-7+/t12-,13-,14-,16-,17-/m1/s1. The van der Waals surface area contributed by atoms with E-state index in [1.54, 1.807) is 18.9 Å². The molecule has 0 aliphatic carbocycles. The molecule has 3 rings (SSSR count). The number of hydrogen-bond acceptors (Lipinski definition) is 6. The molecule has 0 saturated carbocycles. The molecular formula is C21H28N2O7. The summed E-state index contributed by atoms with van der Waals surface area (Å²) in [7, 11) is 1.58. The Morgan fingerprint density at radius 3 is 2.67 bits per heavy atom. The minimum Gasteiger partial charge on any atom is -0.477 e. The maximum absolute atomic E-state index is 12.4. The number of carboxylic acids is 1. The van der Waals surface area contributed by atoms with Crippen LogP contribution in [-0.2, 0) is 19.1 Å². The number of aliphatic hydroxyl groups excluding tert-OH is 1. The Labute approximate surface area is 175 Å². The van der Waals surface area contributed by atoms with E-state index >= 15 is 0 Å². The molecule has 2 saturated heterocycles. The van der Waals surface area contributed by atoms with Crippen LogP contribution in [0.25, 0.3) is 0 Å². The molecule has 0 aromatic rings. The number of allylic oxidation sites excluding steroid dienone is 1. The van der Waals surface area contributed by atoms with Crippen LogP contribution < -0.4 is 0 Å². The van der Waals surface area contributed by atoms with Gasteiger partial charge in [0, 0.05) is 7.11 Å². The van der Waals surface area contributed by atoms with E-state index in [1.165, 1.54) is 17.9 Å². The molecule has 0 unspecified atom stereocenters. The summed E-state index contributed by atoms with van der Waals surface area (Å²) in [5, 5.41) is 19.6. The quantitative estimate of drug-likeness (QED) is 0.471. The number of nitrogens with zero attached hydrogens (tertiary/aromatic N) is 2. The zero-order valence-corrected chi connectivity index (χ0v) is 17.4. The van der Waals surface area contributed by atoms with E-state index in [2.05, 4.69) is 6.58 Å². The normalized spacial score (nSPS) is 29.6. The Hall–Kier alpha value is -2.65. The van der Waals surface area contributed by atoms with Gasteiger partial charge in [-0.2, -0.15) is 0 Å². The molecule has 5 atom stereocenters. The van der Waals surface area contributed by atoms with Crippen LogP contribution in [0.2, 0.25) is 0 Å². The number of amides is 2. The number of ether oxygens (including phenoxy) is 2. The number of aliphatic hydroxyl groups is 1. The number of methoxy groups -OCH3 is 1. The molecule has 0 bridgehead atoms. The monoisotopic (exact) mass is 420 g/mol. The molecule has 3 heterocycles. The lowest BCUT2D eigenvalue weighted by molar-refractivity contribution is -0.161. The van der Waals surface area contributed by atoms with E-state index in [4.69, 9.17) is 9.47 Å². The van der Waals surface area contributed by atoms with Crippen LogP contribution >= 0.6 is 0 Å². The second kappa shape index (κ2) is 8.61. The molecule has 0 aromatic carbocycles. The fraction of sp³-hybridized carbons (Fsp3) is 0.571. The summed E-state index contributed by atoms with van der Waals surface area (Å²) in [6, 6.07) is -0.683. The predicted octanol–water partition coefficient (Wildman–Crippen LogP) is 1.29. The van der Waals surface area contributed by atoms with Crippen LogP contribution in [0.15, 0.2) is 35.6 Å². The summed E-state index contributed by atoms with van der Waals surface area (Å²) in [5.41, 5.74) is 1.18. The summed E-state index contributed by atoms with van der Waals surface area (Å²) >= 11 is 0. The third-order valence-electron chi connectivity index (χ3n) is 6.05. The first-order chi connectivity index (χ1) is 14.2. The first-order valence-electron chi connectivity index (χ1n) is 9.94. The maximum Gasteiger partial charge on any atom is 0.410 e. The van der Waals surface area contributed by atoms with Gasteiger partial charge in [0.1, 0.15) is 12.3 Å². The van der Waals surface area contributed by atoms with Crippen molar-refractivity contribution >= 4 is 18.0 Å². The van der Waals surface area contributed by atoms with Gasteiger partial charge in [0.15, 0.2) is 0 Å². The van der Waals surface area contributed by atoms with Gasteiger partial charge in [-0.05, 0) is 37.8 Å². The Balaban J connectivity index is 1.87. The van der Waals surface area contributed by atoms with Gasteiger partial charge in [-0.3, -0.25) is 9.69 Å². The van der Waals surface area contributed by atoms with Crippen molar-refractivity contribution in [1.29, 1.82) is 0 Å². The van der Waals surface area contributed by atoms with Crippen LogP contribution in [0.1, 0.15) is 26.7 Å².